The Labute approximate surface area is 322 Å². The second kappa shape index (κ2) is 12.9. The molecule has 0 saturated heterocycles. The monoisotopic (exact) mass is 716 g/mol. The molecule has 2 nitrogen and oxygen atoms in total. The lowest BCUT2D eigenvalue weighted by atomic mass is 9.92. The highest BCUT2D eigenvalue weighted by Crippen LogP contribution is 2.43. The third-order valence-electron chi connectivity index (χ3n) is 10.9. The van der Waals surface area contributed by atoms with E-state index in [9.17, 15) is 0 Å². The fourth-order valence-electron chi connectivity index (χ4n) is 8.34. The molecule has 0 saturated carbocycles. The topological polar surface area (TPSA) is 25.8 Å². The summed E-state index contributed by atoms with van der Waals surface area (Å²) in [5, 5.41) is 9.67. The van der Waals surface area contributed by atoms with Crippen LogP contribution in [-0.2, 0) is 0 Å². The average molecular weight is 717 g/mol. The Kier molecular flexibility index (Phi) is 7.39. The predicted molar refractivity (Wildman–Crippen MR) is 235 cm³/mol. The molecule has 55 heavy (non-hydrogen) atoms. The Bertz CT molecular complexity index is 3270. The largest absolute Gasteiger partial charge is 0.228 e. The highest BCUT2D eigenvalue weighted by atomic mass is 32.1. The van der Waals surface area contributed by atoms with Crippen molar-refractivity contribution in [3.63, 3.8) is 0 Å². The molecule has 256 valence electrons. The van der Waals surface area contributed by atoms with Gasteiger partial charge in [0, 0.05) is 36.9 Å². The Morgan fingerprint density at radius 1 is 0.327 bits per heavy atom. The minimum atomic E-state index is 0.712. The first-order chi connectivity index (χ1) is 27.3. The van der Waals surface area contributed by atoms with E-state index in [-0.39, 0.29) is 0 Å². The minimum absolute atomic E-state index is 0.712. The van der Waals surface area contributed by atoms with Crippen LogP contribution in [0.15, 0.2) is 194 Å². The maximum atomic E-state index is 5.51. The van der Waals surface area contributed by atoms with E-state index >= 15 is 0 Å². The third kappa shape index (κ3) is 5.32. The lowest BCUT2D eigenvalue weighted by Crippen LogP contribution is -1.99. The maximum Gasteiger partial charge on any atom is 0.161 e. The van der Waals surface area contributed by atoms with E-state index in [2.05, 4.69) is 194 Å². The Morgan fingerprint density at radius 2 is 0.964 bits per heavy atom. The lowest BCUT2D eigenvalue weighted by Gasteiger charge is -2.16. The number of benzene rings is 9. The summed E-state index contributed by atoms with van der Waals surface area (Å²) in [4.78, 5) is 11.0. The van der Waals surface area contributed by atoms with Crippen molar-refractivity contribution >= 4 is 63.8 Å². The van der Waals surface area contributed by atoms with Crippen LogP contribution in [0.25, 0.3) is 109 Å². The van der Waals surface area contributed by atoms with Crippen molar-refractivity contribution in [1.29, 1.82) is 0 Å². The van der Waals surface area contributed by atoms with Crippen molar-refractivity contribution in [3.8, 4) is 56.2 Å². The summed E-state index contributed by atoms with van der Waals surface area (Å²) in [5.74, 6) is 0.712. The number of aromatic nitrogens is 2. The molecular weight excluding hydrogens is 685 g/mol. The van der Waals surface area contributed by atoms with E-state index in [1.54, 1.807) is 0 Å². The number of rotatable bonds is 5. The normalized spacial score (nSPS) is 11.6. The SMILES string of the molecule is c1ccc(-c2ccccc2-c2cc(-c3cccc(-c4cccc5sc6ccccc6c45)c3)nc(-c3c4ccccc4cc4c3ccc3ccccc34)n2)cc1. The van der Waals surface area contributed by atoms with Crippen molar-refractivity contribution in [3.05, 3.63) is 194 Å². The van der Waals surface area contributed by atoms with Gasteiger partial charge in [0.15, 0.2) is 5.82 Å². The molecule has 0 bridgehead atoms. The summed E-state index contributed by atoms with van der Waals surface area (Å²) in [6.45, 7) is 0. The quantitative estimate of drug-likeness (QED) is 0.131. The molecule has 11 rings (SSSR count). The number of fused-ring (bicyclic) bond motifs is 7. The Hall–Kier alpha value is -6.94. The van der Waals surface area contributed by atoms with Crippen molar-refractivity contribution in [2.75, 3.05) is 0 Å². The zero-order chi connectivity index (χ0) is 36.3. The smallest absolute Gasteiger partial charge is 0.161 e. The highest BCUT2D eigenvalue weighted by Gasteiger charge is 2.19. The Balaban J connectivity index is 1.19. The van der Waals surface area contributed by atoms with E-state index in [4.69, 9.17) is 9.97 Å². The van der Waals surface area contributed by atoms with Gasteiger partial charge in [-0.2, -0.15) is 0 Å². The van der Waals surface area contributed by atoms with Crippen LogP contribution >= 0.6 is 11.3 Å². The van der Waals surface area contributed by atoms with Gasteiger partial charge in [-0.1, -0.05) is 164 Å². The molecule has 0 unspecified atom stereocenters. The molecule has 3 heteroatoms. The van der Waals surface area contributed by atoms with E-state index in [0.29, 0.717) is 5.82 Å². The van der Waals surface area contributed by atoms with Gasteiger partial charge in [0.2, 0.25) is 0 Å². The fourth-order valence-corrected chi connectivity index (χ4v) is 9.48. The summed E-state index contributed by atoms with van der Waals surface area (Å²) >= 11 is 1.85. The van der Waals surface area contributed by atoms with Gasteiger partial charge < -0.3 is 0 Å². The van der Waals surface area contributed by atoms with E-state index in [1.807, 2.05) is 11.3 Å². The second-order valence-corrected chi connectivity index (χ2v) is 15.2. The van der Waals surface area contributed by atoms with Crippen molar-refractivity contribution in [2.24, 2.45) is 0 Å². The first-order valence-corrected chi connectivity index (χ1v) is 19.5. The molecule has 0 N–H and O–H groups in total. The molecule has 2 aromatic heterocycles. The van der Waals surface area contributed by atoms with E-state index in [0.717, 1.165) is 50.0 Å². The fraction of sp³-hybridized carbons (Fsp3) is 0. The molecule has 0 aliphatic carbocycles. The lowest BCUT2D eigenvalue weighted by molar-refractivity contribution is 1.19. The van der Waals surface area contributed by atoms with Gasteiger partial charge in [-0.25, -0.2) is 9.97 Å². The van der Waals surface area contributed by atoms with E-state index in [1.165, 1.54) is 52.8 Å². The van der Waals surface area contributed by atoms with Crippen molar-refractivity contribution < 1.29 is 0 Å². The molecule has 0 fully saturated rings. The van der Waals surface area contributed by atoms with Gasteiger partial charge in [0.1, 0.15) is 0 Å². The number of thiophene rings is 1. The van der Waals surface area contributed by atoms with Gasteiger partial charge in [0.25, 0.3) is 0 Å². The molecular formula is C52H32N2S. The van der Waals surface area contributed by atoms with Gasteiger partial charge in [0.05, 0.1) is 11.4 Å². The summed E-state index contributed by atoms with van der Waals surface area (Å²) < 4.78 is 2.60. The first kappa shape index (κ1) is 31.6. The molecule has 9 aromatic carbocycles. The van der Waals surface area contributed by atoms with Crippen molar-refractivity contribution in [1.82, 2.24) is 9.97 Å². The summed E-state index contributed by atoms with van der Waals surface area (Å²) in [6, 6.07) is 69.7. The van der Waals surface area contributed by atoms with Crippen LogP contribution in [0.1, 0.15) is 0 Å². The first-order valence-electron chi connectivity index (χ1n) is 18.7. The summed E-state index contributed by atoms with van der Waals surface area (Å²) in [7, 11) is 0. The molecule has 0 spiro atoms. The predicted octanol–water partition coefficient (Wildman–Crippen LogP) is 14.6. The van der Waals surface area contributed by atoms with E-state index < -0.39 is 0 Å². The van der Waals surface area contributed by atoms with Gasteiger partial charge in [-0.05, 0) is 84.9 Å². The van der Waals surface area contributed by atoms with Gasteiger partial charge in [-0.3, -0.25) is 0 Å². The number of hydrogen-bond donors (Lipinski definition) is 0. The molecule has 0 atom stereocenters. The molecule has 0 aliphatic heterocycles. The van der Waals surface area contributed by atoms with Crippen LogP contribution < -0.4 is 0 Å². The van der Waals surface area contributed by atoms with Crippen LogP contribution in [0.2, 0.25) is 0 Å². The standard InChI is InChI=1S/C52H32N2S/c1-2-14-33(15-3-1)38-20-8-9-23-42(38)47-32-46(37-19-12-18-35(30-37)40-25-13-27-49-50(40)44-24-10-11-26-48(44)55-49)53-52(54-47)51-41-22-7-5-17-36(41)31-45-39-21-6-4-16-34(39)28-29-43(45)51/h1-32H. The average Bonchev–Trinajstić information content (AvgIpc) is 3.65. The third-order valence-corrected chi connectivity index (χ3v) is 12.0. The van der Waals surface area contributed by atoms with Gasteiger partial charge >= 0.3 is 0 Å². The van der Waals surface area contributed by atoms with Crippen molar-refractivity contribution in [2.45, 2.75) is 0 Å². The molecule has 2 heterocycles. The molecule has 0 amide bonds. The maximum absolute atomic E-state index is 5.51. The highest BCUT2D eigenvalue weighted by molar-refractivity contribution is 7.25. The Morgan fingerprint density at radius 3 is 1.85 bits per heavy atom. The summed E-state index contributed by atoms with van der Waals surface area (Å²) in [6.07, 6.45) is 0. The molecule has 11 aromatic rings. The number of hydrogen-bond acceptors (Lipinski definition) is 3. The van der Waals surface area contributed by atoms with Crippen LogP contribution in [0, 0.1) is 0 Å². The van der Waals surface area contributed by atoms with Crippen LogP contribution in [0.4, 0.5) is 0 Å². The zero-order valence-electron chi connectivity index (χ0n) is 29.8. The minimum Gasteiger partial charge on any atom is -0.228 e. The van der Waals surface area contributed by atoms with Crippen LogP contribution in [0.5, 0.6) is 0 Å². The number of nitrogens with zero attached hydrogens (tertiary/aromatic N) is 2. The zero-order valence-corrected chi connectivity index (χ0v) is 30.6. The molecule has 0 aliphatic rings. The summed E-state index contributed by atoms with van der Waals surface area (Å²) in [5.41, 5.74) is 9.62. The van der Waals surface area contributed by atoms with Crippen LogP contribution in [0.3, 0.4) is 0 Å². The van der Waals surface area contributed by atoms with Crippen LogP contribution in [-0.4, -0.2) is 9.97 Å². The van der Waals surface area contributed by atoms with Gasteiger partial charge in [-0.15, -0.1) is 11.3 Å². The second-order valence-electron chi connectivity index (χ2n) is 14.1. The molecule has 0 radical (unpaired) electrons.